The smallest absolute Gasteiger partial charge is 0.150 e. The van der Waals surface area contributed by atoms with E-state index in [0.717, 1.165) is 16.7 Å². The highest BCUT2D eigenvalue weighted by molar-refractivity contribution is 7.11. The topological polar surface area (TPSA) is 17.1 Å². The summed E-state index contributed by atoms with van der Waals surface area (Å²) >= 11 is 1.55. The molecular formula is C13H10OS. The molecule has 0 aliphatic heterocycles. The standard InChI is InChI=1S/C13H10OS/c1-10(8-14)13-7-12(9-15-13)11-5-3-2-4-6-11/h2-9H,1H2. The van der Waals surface area contributed by atoms with Crippen LogP contribution in [0.1, 0.15) is 4.88 Å². The van der Waals surface area contributed by atoms with Gasteiger partial charge in [-0.15, -0.1) is 11.3 Å². The number of hydrogen-bond donors (Lipinski definition) is 0. The van der Waals surface area contributed by atoms with Crippen LogP contribution in [-0.4, -0.2) is 6.29 Å². The Bertz CT molecular complexity index is 482. The number of allylic oxidation sites excluding steroid dienone is 1. The summed E-state index contributed by atoms with van der Waals surface area (Å²) in [6.07, 6.45) is 0.792. The number of benzene rings is 1. The minimum Gasteiger partial charge on any atom is -0.298 e. The molecule has 0 aliphatic rings. The maximum Gasteiger partial charge on any atom is 0.150 e. The summed E-state index contributed by atoms with van der Waals surface area (Å²) in [6, 6.07) is 12.1. The van der Waals surface area contributed by atoms with Crippen molar-refractivity contribution in [2.75, 3.05) is 0 Å². The normalized spacial score (nSPS) is 9.87. The van der Waals surface area contributed by atoms with E-state index in [4.69, 9.17) is 0 Å². The van der Waals surface area contributed by atoms with E-state index >= 15 is 0 Å². The van der Waals surface area contributed by atoms with Crippen molar-refractivity contribution in [3.63, 3.8) is 0 Å². The molecule has 0 radical (unpaired) electrons. The second kappa shape index (κ2) is 4.24. The predicted octanol–water partition coefficient (Wildman–Crippen LogP) is 3.63. The zero-order valence-electron chi connectivity index (χ0n) is 8.14. The van der Waals surface area contributed by atoms with Gasteiger partial charge in [-0.3, -0.25) is 4.79 Å². The van der Waals surface area contributed by atoms with Gasteiger partial charge in [0.25, 0.3) is 0 Å². The molecule has 0 amide bonds. The zero-order valence-corrected chi connectivity index (χ0v) is 8.96. The van der Waals surface area contributed by atoms with Crippen LogP contribution >= 0.6 is 11.3 Å². The summed E-state index contributed by atoms with van der Waals surface area (Å²) in [5.74, 6) is 0. The van der Waals surface area contributed by atoms with Gasteiger partial charge in [-0.1, -0.05) is 36.9 Å². The number of carbonyl (C=O) groups is 1. The van der Waals surface area contributed by atoms with Crippen LogP contribution in [0.15, 0.2) is 48.4 Å². The number of carbonyl (C=O) groups excluding carboxylic acids is 1. The van der Waals surface area contributed by atoms with Crippen molar-refractivity contribution in [3.8, 4) is 11.1 Å². The average Bonchev–Trinajstić information content (AvgIpc) is 2.78. The van der Waals surface area contributed by atoms with Crippen molar-refractivity contribution in [1.82, 2.24) is 0 Å². The highest BCUT2D eigenvalue weighted by Gasteiger charge is 2.03. The van der Waals surface area contributed by atoms with E-state index < -0.39 is 0 Å². The van der Waals surface area contributed by atoms with Crippen LogP contribution in [0.5, 0.6) is 0 Å². The van der Waals surface area contributed by atoms with Gasteiger partial charge in [0, 0.05) is 10.5 Å². The van der Waals surface area contributed by atoms with Gasteiger partial charge in [0.2, 0.25) is 0 Å². The molecule has 0 aliphatic carbocycles. The summed E-state index contributed by atoms with van der Waals surface area (Å²) in [7, 11) is 0. The minimum absolute atomic E-state index is 0.544. The Hall–Kier alpha value is -1.67. The minimum atomic E-state index is 0.544. The number of hydrogen-bond acceptors (Lipinski definition) is 2. The molecule has 0 N–H and O–H groups in total. The van der Waals surface area contributed by atoms with Gasteiger partial charge in [-0.05, 0) is 22.6 Å². The molecule has 2 aromatic rings. The molecule has 74 valence electrons. The lowest BCUT2D eigenvalue weighted by molar-refractivity contribution is -0.103. The molecule has 0 spiro atoms. The SMILES string of the molecule is C=C(C=O)c1cc(-c2ccccc2)cs1. The molecule has 15 heavy (non-hydrogen) atoms. The lowest BCUT2D eigenvalue weighted by atomic mass is 10.1. The summed E-state index contributed by atoms with van der Waals surface area (Å²) < 4.78 is 0. The van der Waals surface area contributed by atoms with Crippen LogP contribution in [0.3, 0.4) is 0 Å². The Kier molecular flexibility index (Phi) is 2.79. The number of rotatable bonds is 3. The molecule has 1 nitrogen and oxygen atoms in total. The van der Waals surface area contributed by atoms with Gasteiger partial charge in [0.1, 0.15) is 0 Å². The molecule has 1 aromatic carbocycles. The third-order valence-electron chi connectivity index (χ3n) is 2.17. The third kappa shape index (κ3) is 2.05. The summed E-state index contributed by atoms with van der Waals surface area (Å²) in [6.45, 7) is 3.69. The van der Waals surface area contributed by atoms with Crippen LogP contribution in [0.4, 0.5) is 0 Å². The van der Waals surface area contributed by atoms with E-state index in [1.807, 2.05) is 29.6 Å². The fraction of sp³-hybridized carbons (Fsp3) is 0. The van der Waals surface area contributed by atoms with Crippen LogP contribution in [0.25, 0.3) is 16.7 Å². The Morgan fingerprint density at radius 2 is 1.93 bits per heavy atom. The summed E-state index contributed by atoms with van der Waals surface area (Å²) in [5.41, 5.74) is 2.85. The maximum atomic E-state index is 10.6. The quantitative estimate of drug-likeness (QED) is 0.563. The van der Waals surface area contributed by atoms with E-state index in [-0.39, 0.29) is 0 Å². The van der Waals surface area contributed by atoms with E-state index in [1.165, 1.54) is 5.56 Å². The molecule has 0 bridgehead atoms. The van der Waals surface area contributed by atoms with Crippen LogP contribution in [-0.2, 0) is 4.79 Å². The van der Waals surface area contributed by atoms with Crippen molar-refractivity contribution in [1.29, 1.82) is 0 Å². The second-order valence-corrected chi connectivity index (χ2v) is 4.12. The number of thiophene rings is 1. The van der Waals surface area contributed by atoms with E-state index in [0.29, 0.717) is 5.57 Å². The first kappa shape index (κ1) is 9.87. The van der Waals surface area contributed by atoms with E-state index in [2.05, 4.69) is 18.7 Å². The summed E-state index contributed by atoms with van der Waals surface area (Å²) in [5, 5.41) is 2.04. The Morgan fingerprint density at radius 3 is 2.60 bits per heavy atom. The first-order chi connectivity index (χ1) is 7.31. The van der Waals surface area contributed by atoms with Gasteiger partial charge in [-0.2, -0.15) is 0 Å². The predicted molar refractivity (Wildman–Crippen MR) is 64.9 cm³/mol. The fourth-order valence-corrected chi connectivity index (χ4v) is 2.20. The second-order valence-electron chi connectivity index (χ2n) is 3.21. The van der Waals surface area contributed by atoms with Crippen molar-refractivity contribution >= 4 is 23.2 Å². The molecular weight excluding hydrogens is 204 g/mol. The highest BCUT2D eigenvalue weighted by atomic mass is 32.1. The Balaban J connectivity index is 2.36. The highest BCUT2D eigenvalue weighted by Crippen LogP contribution is 2.28. The zero-order chi connectivity index (χ0) is 10.7. The summed E-state index contributed by atoms with van der Waals surface area (Å²) in [4.78, 5) is 11.5. The molecule has 1 aromatic heterocycles. The van der Waals surface area contributed by atoms with E-state index in [1.54, 1.807) is 11.3 Å². The molecule has 1 heterocycles. The van der Waals surface area contributed by atoms with Crippen LogP contribution in [0.2, 0.25) is 0 Å². The first-order valence-electron chi connectivity index (χ1n) is 4.59. The van der Waals surface area contributed by atoms with Crippen LogP contribution in [0, 0.1) is 0 Å². The molecule has 2 rings (SSSR count). The third-order valence-corrected chi connectivity index (χ3v) is 3.17. The fourth-order valence-electron chi connectivity index (χ4n) is 1.34. The maximum absolute atomic E-state index is 10.6. The number of aldehydes is 1. The monoisotopic (exact) mass is 214 g/mol. The molecule has 0 unspecified atom stereocenters. The van der Waals surface area contributed by atoms with Gasteiger partial charge >= 0.3 is 0 Å². The molecule has 2 heteroatoms. The lowest BCUT2D eigenvalue weighted by Gasteiger charge is -1.94. The van der Waals surface area contributed by atoms with Crippen molar-refractivity contribution in [2.45, 2.75) is 0 Å². The van der Waals surface area contributed by atoms with Gasteiger partial charge < -0.3 is 0 Å². The van der Waals surface area contributed by atoms with Gasteiger partial charge in [0.05, 0.1) is 0 Å². The van der Waals surface area contributed by atoms with Gasteiger partial charge in [-0.25, -0.2) is 0 Å². The van der Waals surface area contributed by atoms with Crippen molar-refractivity contribution < 1.29 is 4.79 Å². The lowest BCUT2D eigenvalue weighted by Crippen LogP contribution is -1.76. The largest absolute Gasteiger partial charge is 0.298 e. The first-order valence-corrected chi connectivity index (χ1v) is 5.47. The molecule has 0 atom stereocenters. The molecule has 0 saturated carbocycles. The van der Waals surface area contributed by atoms with E-state index in [9.17, 15) is 4.79 Å². The molecule has 0 fully saturated rings. The van der Waals surface area contributed by atoms with Crippen LogP contribution < -0.4 is 0 Å². The Morgan fingerprint density at radius 1 is 1.20 bits per heavy atom. The average molecular weight is 214 g/mol. The van der Waals surface area contributed by atoms with Crippen molar-refractivity contribution in [2.24, 2.45) is 0 Å². The van der Waals surface area contributed by atoms with Crippen molar-refractivity contribution in [3.05, 3.63) is 53.2 Å². The van der Waals surface area contributed by atoms with Gasteiger partial charge in [0.15, 0.2) is 6.29 Å². The Labute approximate surface area is 92.7 Å². The molecule has 0 saturated heterocycles.